The summed E-state index contributed by atoms with van der Waals surface area (Å²) in [7, 11) is -2.55. The fourth-order valence-electron chi connectivity index (χ4n) is 3.03. The quantitative estimate of drug-likeness (QED) is 0.436. The maximum Gasteiger partial charge on any atom is 0.416 e. The fraction of sp³-hybridized carbons (Fsp3) is 0.400. The molecule has 0 spiro atoms. The number of nitrogens with one attached hydrogen (secondary N) is 1. The molecule has 0 bridgehead atoms. The first kappa shape index (κ1) is 24.2. The van der Waals surface area contributed by atoms with Crippen molar-refractivity contribution >= 4 is 36.5 Å². The molecule has 0 aliphatic carbocycles. The van der Waals surface area contributed by atoms with Gasteiger partial charge in [-0.2, -0.15) is 13.2 Å². The van der Waals surface area contributed by atoms with Gasteiger partial charge in [-0.1, -0.05) is 43.1 Å². The number of anilines is 1. The first-order chi connectivity index (χ1) is 14.3. The van der Waals surface area contributed by atoms with Crippen LogP contribution in [0.25, 0.3) is 0 Å². The van der Waals surface area contributed by atoms with Gasteiger partial charge in [0, 0.05) is 21.7 Å². The Hall–Kier alpha value is -1.44. The van der Waals surface area contributed by atoms with E-state index in [0.29, 0.717) is 0 Å². The number of hydrogen-bond acceptors (Lipinski definition) is 5. The minimum absolute atomic E-state index is 0.0604. The molecule has 0 aromatic heterocycles. The van der Waals surface area contributed by atoms with Crippen LogP contribution in [0.15, 0.2) is 36.4 Å². The molecule has 1 heterocycles. The minimum atomic E-state index is -4.55. The zero-order valence-electron chi connectivity index (χ0n) is 16.9. The van der Waals surface area contributed by atoms with Crippen molar-refractivity contribution in [1.29, 1.82) is 0 Å². The Labute approximate surface area is 188 Å². The van der Waals surface area contributed by atoms with Gasteiger partial charge in [-0.05, 0) is 30.3 Å². The van der Waals surface area contributed by atoms with Crippen LogP contribution in [0.3, 0.4) is 0 Å². The Bertz CT molecular complexity index is 1000. The molecular weight excluding hydrogens is 477 g/mol. The van der Waals surface area contributed by atoms with E-state index in [1.165, 1.54) is 31.4 Å². The smallest absolute Gasteiger partial charge is 0.416 e. The highest BCUT2D eigenvalue weighted by Gasteiger charge is 2.45. The molecular formula is C20H21Cl2F3NO4P. The van der Waals surface area contributed by atoms with E-state index < -0.39 is 25.1 Å². The van der Waals surface area contributed by atoms with Crippen molar-refractivity contribution in [2.75, 3.05) is 25.6 Å². The van der Waals surface area contributed by atoms with Crippen LogP contribution in [0.4, 0.5) is 18.9 Å². The molecule has 2 aromatic carbocycles. The van der Waals surface area contributed by atoms with Crippen LogP contribution < -0.4 is 10.1 Å². The van der Waals surface area contributed by atoms with E-state index in [2.05, 4.69) is 5.32 Å². The van der Waals surface area contributed by atoms with E-state index in [0.717, 1.165) is 12.1 Å². The molecule has 1 saturated heterocycles. The Balaban J connectivity index is 2.10. The van der Waals surface area contributed by atoms with Crippen LogP contribution in [-0.4, -0.2) is 20.3 Å². The largest absolute Gasteiger partial charge is 0.495 e. The van der Waals surface area contributed by atoms with E-state index in [1.54, 1.807) is 0 Å². The average Bonchev–Trinajstić information content (AvgIpc) is 2.68. The monoisotopic (exact) mass is 497 g/mol. The highest BCUT2D eigenvalue weighted by molar-refractivity contribution is 7.54. The number of benzene rings is 2. The lowest BCUT2D eigenvalue weighted by atomic mass is 9.97. The summed E-state index contributed by atoms with van der Waals surface area (Å²) in [6.07, 6.45) is -4.55. The maximum absolute atomic E-state index is 13.7. The third-order valence-corrected chi connectivity index (χ3v) is 7.13. The van der Waals surface area contributed by atoms with Gasteiger partial charge in [-0.25, -0.2) is 0 Å². The summed E-state index contributed by atoms with van der Waals surface area (Å²) >= 11 is 12.4. The van der Waals surface area contributed by atoms with E-state index in [9.17, 15) is 17.7 Å². The maximum atomic E-state index is 13.7. The van der Waals surface area contributed by atoms with Crippen molar-refractivity contribution in [2.24, 2.45) is 5.41 Å². The van der Waals surface area contributed by atoms with Crippen LogP contribution in [-0.2, 0) is 19.8 Å². The average molecular weight is 498 g/mol. The number of methoxy groups -OCH3 is 1. The molecule has 1 fully saturated rings. The second kappa shape index (κ2) is 8.83. The number of hydrogen-bond donors (Lipinski definition) is 1. The molecule has 11 heteroatoms. The van der Waals surface area contributed by atoms with Crippen LogP contribution in [0.1, 0.15) is 30.8 Å². The van der Waals surface area contributed by atoms with Crippen LogP contribution in [0, 0.1) is 5.41 Å². The lowest BCUT2D eigenvalue weighted by molar-refractivity contribution is -0.137. The summed E-state index contributed by atoms with van der Waals surface area (Å²) in [6, 6.07) is 7.41. The van der Waals surface area contributed by atoms with Gasteiger partial charge >= 0.3 is 13.8 Å². The number of halogens is 5. The summed E-state index contributed by atoms with van der Waals surface area (Å²) in [5.41, 5.74) is -0.951. The van der Waals surface area contributed by atoms with Gasteiger partial charge in [0.15, 0.2) is 5.78 Å². The van der Waals surface area contributed by atoms with Crippen molar-refractivity contribution in [1.82, 2.24) is 0 Å². The third kappa shape index (κ3) is 5.49. The van der Waals surface area contributed by atoms with Gasteiger partial charge in [0.2, 0.25) is 0 Å². The lowest BCUT2D eigenvalue weighted by Gasteiger charge is -2.38. The summed E-state index contributed by atoms with van der Waals surface area (Å²) in [6.45, 7) is 4.01. The summed E-state index contributed by atoms with van der Waals surface area (Å²) in [4.78, 5) is 0. The highest BCUT2D eigenvalue weighted by atomic mass is 35.5. The molecule has 0 unspecified atom stereocenters. The molecule has 1 atom stereocenters. The van der Waals surface area contributed by atoms with Crippen LogP contribution in [0.2, 0.25) is 10.0 Å². The van der Waals surface area contributed by atoms with Gasteiger partial charge in [0.05, 0.1) is 30.9 Å². The fourth-order valence-corrected chi connectivity index (χ4v) is 5.88. The predicted molar refractivity (Wildman–Crippen MR) is 114 cm³/mol. The molecule has 0 radical (unpaired) electrons. The molecule has 3 rings (SSSR count). The molecule has 0 saturated carbocycles. The summed E-state index contributed by atoms with van der Waals surface area (Å²) in [5.74, 6) is -1.07. The Morgan fingerprint density at radius 1 is 1.16 bits per heavy atom. The van der Waals surface area contributed by atoms with Gasteiger partial charge in [0.1, 0.15) is 5.75 Å². The van der Waals surface area contributed by atoms with Crippen molar-refractivity contribution in [3.8, 4) is 5.75 Å². The molecule has 2 aromatic rings. The van der Waals surface area contributed by atoms with Gasteiger partial charge in [-0.15, -0.1) is 0 Å². The highest BCUT2D eigenvalue weighted by Crippen LogP contribution is 2.65. The second-order valence-corrected chi connectivity index (χ2v) is 10.8. The first-order valence-corrected chi connectivity index (χ1v) is 11.6. The molecule has 0 amide bonds. The van der Waals surface area contributed by atoms with E-state index in [1.807, 2.05) is 13.8 Å². The van der Waals surface area contributed by atoms with Crippen LogP contribution in [0.5, 0.6) is 5.75 Å². The number of ether oxygens (including phenoxy) is 1. The molecule has 1 aliphatic rings. The zero-order chi connectivity index (χ0) is 23.0. The topological polar surface area (TPSA) is 56.8 Å². The summed E-state index contributed by atoms with van der Waals surface area (Å²) in [5, 5.41) is 3.23. The number of rotatable bonds is 5. The van der Waals surface area contributed by atoms with Crippen molar-refractivity contribution in [3.63, 3.8) is 0 Å². The number of alkyl halides is 3. The SMILES string of the molecule is COc1c(Cl)cc(Cl)cc1[C@@H](Nc1cccc(C(F)(F)F)c1)P1(=O)OCC(C)(C)CO1. The Morgan fingerprint density at radius 3 is 2.39 bits per heavy atom. The molecule has 1 aliphatic heterocycles. The van der Waals surface area contributed by atoms with Gasteiger partial charge < -0.3 is 19.1 Å². The molecule has 1 N–H and O–H groups in total. The van der Waals surface area contributed by atoms with Crippen LogP contribution >= 0.6 is 30.8 Å². The van der Waals surface area contributed by atoms with Crippen molar-refractivity contribution in [3.05, 3.63) is 57.6 Å². The molecule has 31 heavy (non-hydrogen) atoms. The van der Waals surface area contributed by atoms with Gasteiger partial charge in [0.25, 0.3) is 0 Å². The Morgan fingerprint density at radius 2 is 1.81 bits per heavy atom. The normalized spacial score (nSPS) is 19.0. The van der Waals surface area contributed by atoms with E-state index in [-0.39, 0.29) is 45.7 Å². The standard InChI is InChI=1S/C20H21Cl2F3NO4P/c1-19(2)10-29-31(27,30-11-19)18(15-8-13(21)9-16(22)17(15)28-3)26-14-6-4-5-12(7-14)20(23,24)25/h4-9,18,26H,10-11H2,1-3H3/t18-/m0/s1. The van der Waals surface area contributed by atoms with E-state index in [4.69, 9.17) is 37.0 Å². The lowest BCUT2D eigenvalue weighted by Crippen LogP contribution is -2.32. The molecule has 170 valence electrons. The van der Waals surface area contributed by atoms with Crippen molar-refractivity contribution < 1.29 is 31.5 Å². The minimum Gasteiger partial charge on any atom is -0.495 e. The summed E-state index contributed by atoms with van der Waals surface area (Å²) < 4.78 is 69.9. The van der Waals surface area contributed by atoms with Gasteiger partial charge in [-0.3, -0.25) is 4.57 Å². The molecule has 5 nitrogen and oxygen atoms in total. The predicted octanol–water partition coefficient (Wildman–Crippen LogP) is 7.40. The van der Waals surface area contributed by atoms with Crippen molar-refractivity contribution in [2.45, 2.75) is 25.8 Å². The third-order valence-electron chi connectivity index (χ3n) is 4.62. The first-order valence-electron chi connectivity index (χ1n) is 9.20. The Kier molecular flexibility index (Phi) is 6.90. The van der Waals surface area contributed by atoms with E-state index >= 15 is 0 Å². The second-order valence-electron chi connectivity index (χ2n) is 7.89. The zero-order valence-corrected chi connectivity index (χ0v) is 19.3.